The monoisotopic (exact) mass is 492 g/mol. The Morgan fingerprint density at radius 2 is 1.31 bits per heavy atom. The van der Waals surface area contributed by atoms with Crippen LogP contribution in [-0.4, -0.2) is 23.2 Å². The average Bonchev–Trinajstić information content (AvgIpc) is 2.61. The van der Waals surface area contributed by atoms with Crippen molar-refractivity contribution in [3.05, 3.63) is 91.4 Å². The van der Waals surface area contributed by atoms with Gasteiger partial charge in [-0.15, -0.1) is 0 Å². The molecule has 0 aromatic heterocycles. The second-order valence-electron chi connectivity index (χ2n) is 6.12. The summed E-state index contributed by atoms with van der Waals surface area (Å²) in [4.78, 5) is 0. The number of hydrogen-bond acceptors (Lipinski definition) is 4. The molecule has 3 aromatic carbocycles. The van der Waals surface area contributed by atoms with Gasteiger partial charge < -0.3 is 10.2 Å². The molecule has 0 heterocycles. The molecule has 0 bridgehead atoms. The van der Waals surface area contributed by atoms with Crippen LogP contribution in [-0.2, 0) is 14.9 Å². The maximum Gasteiger partial charge on any atom is 0.283 e. The van der Waals surface area contributed by atoms with E-state index >= 15 is 0 Å². The van der Waals surface area contributed by atoms with Gasteiger partial charge in [0.2, 0.25) is 0 Å². The first-order chi connectivity index (χ1) is 13.5. The summed E-state index contributed by atoms with van der Waals surface area (Å²) in [6.45, 7) is 0. The second kappa shape index (κ2) is 7.87. The molecule has 0 aliphatic heterocycles. The van der Waals surface area contributed by atoms with Crippen LogP contribution in [0, 0.1) is 0 Å². The first-order valence-corrected chi connectivity index (χ1v) is 10.8. The molecule has 1 atom stereocenters. The standard InChI is InChI=1S/C19H12Cl4O5S/c20-12-7-11(8-14(25)9-12)19(29(26,27)28,10-1-3-13(24)4-2-10)17-15(21)5-6-16(22)18(17)23/h1-9,24-25H,(H,26,27,28). The highest BCUT2D eigenvalue weighted by molar-refractivity contribution is 7.87. The summed E-state index contributed by atoms with van der Waals surface area (Å²) in [5.74, 6) is -0.496. The Bertz CT molecular complexity index is 1180. The fraction of sp³-hybridized carbons (Fsp3) is 0.0526. The molecule has 0 radical (unpaired) electrons. The topological polar surface area (TPSA) is 94.8 Å². The van der Waals surface area contributed by atoms with Gasteiger partial charge in [0.25, 0.3) is 10.1 Å². The van der Waals surface area contributed by atoms with Gasteiger partial charge in [-0.1, -0.05) is 58.5 Å². The summed E-state index contributed by atoms with van der Waals surface area (Å²) < 4.78 is 34.1. The molecule has 1 unspecified atom stereocenters. The van der Waals surface area contributed by atoms with Crippen LogP contribution in [0.4, 0.5) is 0 Å². The number of rotatable bonds is 4. The first kappa shape index (κ1) is 22.0. The number of phenols is 2. The predicted octanol–water partition coefficient (Wildman–Crippen LogP) is 5.89. The largest absolute Gasteiger partial charge is 0.508 e. The molecule has 0 saturated heterocycles. The van der Waals surface area contributed by atoms with E-state index in [0.29, 0.717) is 0 Å². The quantitative estimate of drug-likeness (QED) is 0.239. The molecule has 5 nitrogen and oxygen atoms in total. The molecule has 3 N–H and O–H groups in total. The van der Waals surface area contributed by atoms with Crippen molar-refractivity contribution in [2.24, 2.45) is 0 Å². The lowest BCUT2D eigenvalue weighted by Gasteiger charge is -2.34. The van der Waals surface area contributed by atoms with Crippen LogP contribution in [0.15, 0.2) is 54.6 Å². The molecule has 3 aromatic rings. The Kier molecular flexibility index (Phi) is 5.98. The van der Waals surface area contributed by atoms with E-state index in [9.17, 15) is 23.2 Å². The Balaban J connectivity index is 2.63. The summed E-state index contributed by atoms with van der Waals surface area (Å²) in [5.41, 5.74) is -0.393. The smallest absolute Gasteiger partial charge is 0.283 e. The van der Waals surface area contributed by atoms with Gasteiger partial charge in [-0.3, -0.25) is 4.55 Å². The van der Waals surface area contributed by atoms with E-state index in [1.54, 1.807) is 0 Å². The van der Waals surface area contributed by atoms with Crippen LogP contribution in [0.5, 0.6) is 11.5 Å². The van der Waals surface area contributed by atoms with Crippen molar-refractivity contribution in [3.8, 4) is 11.5 Å². The van der Waals surface area contributed by atoms with Crippen LogP contribution in [0.25, 0.3) is 0 Å². The van der Waals surface area contributed by atoms with Gasteiger partial charge in [0.1, 0.15) is 11.5 Å². The lowest BCUT2D eigenvalue weighted by atomic mass is 9.83. The zero-order valence-electron chi connectivity index (χ0n) is 14.3. The maximum atomic E-state index is 13.0. The van der Waals surface area contributed by atoms with Crippen molar-refractivity contribution in [2.75, 3.05) is 0 Å². The van der Waals surface area contributed by atoms with Gasteiger partial charge in [-0.2, -0.15) is 8.42 Å². The summed E-state index contributed by atoms with van der Waals surface area (Å²) in [6, 6.07) is 11.3. The number of hydrogen-bond donors (Lipinski definition) is 3. The fourth-order valence-corrected chi connectivity index (χ4v) is 5.68. The van der Waals surface area contributed by atoms with Crippen molar-refractivity contribution in [3.63, 3.8) is 0 Å². The molecule has 152 valence electrons. The molecule has 0 spiro atoms. The molecule has 29 heavy (non-hydrogen) atoms. The number of aromatic hydroxyl groups is 2. The van der Waals surface area contributed by atoms with Crippen molar-refractivity contribution in [2.45, 2.75) is 4.75 Å². The van der Waals surface area contributed by atoms with Gasteiger partial charge >= 0.3 is 0 Å². The normalized spacial score (nSPS) is 13.8. The number of benzene rings is 3. The molecule has 0 aliphatic rings. The Labute approximate surface area is 186 Å². The van der Waals surface area contributed by atoms with Crippen LogP contribution in [0.1, 0.15) is 16.7 Å². The molecular formula is C19H12Cl4O5S. The minimum atomic E-state index is -5.07. The molecule has 0 fully saturated rings. The van der Waals surface area contributed by atoms with Crippen LogP contribution < -0.4 is 0 Å². The van der Waals surface area contributed by atoms with Gasteiger partial charge in [0.15, 0.2) is 4.75 Å². The lowest BCUT2D eigenvalue weighted by Crippen LogP contribution is -2.39. The van der Waals surface area contributed by atoms with E-state index in [1.165, 1.54) is 48.5 Å². The summed E-state index contributed by atoms with van der Waals surface area (Å²) in [7, 11) is -5.07. The van der Waals surface area contributed by atoms with E-state index < -0.39 is 14.9 Å². The van der Waals surface area contributed by atoms with E-state index in [4.69, 9.17) is 46.4 Å². The number of halogens is 4. The van der Waals surface area contributed by atoms with Crippen molar-refractivity contribution in [1.29, 1.82) is 0 Å². The van der Waals surface area contributed by atoms with E-state index in [-0.39, 0.29) is 48.3 Å². The van der Waals surface area contributed by atoms with Crippen molar-refractivity contribution >= 4 is 56.5 Å². The lowest BCUT2D eigenvalue weighted by molar-refractivity contribution is 0.455. The Morgan fingerprint density at radius 3 is 1.86 bits per heavy atom. The third-order valence-corrected chi connectivity index (χ3v) is 7.13. The van der Waals surface area contributed by atoms with E-state index in [0.717, 1.165) is 6.07 Å². The zero-order valence-corrected chi connectivity index (χ0v) is 18.1. The molecular weight excluding hydrogens is 482 g/mol. The second-order valence-corrected chi connectivity index (χ2v) is 9.31. The van der Waals surface area contributed by atoms with Gasteiger partial charge in [-0.05, 0) is 53.6 Å². The first-order valence-electron chi connectivity index (χ1n) is 7.89. The summed E-state index contributed by atoms with van der Waals surface area (Å²) >= 11 is 24.9. The van der Waals surface area contributed by atoms with E-state index in [1.807, 2.05) is 0 Å². The Hall–Kier alpha value is -1.67. The minimum Gasteiger partial charge on any atom is -0.508 e. The van der Waals surface area contributed by atoms with Crippen molar-refractivity contribution < 1.29 is 23.2 Å². The third kappa shape index (κ3) is 3.77. The maximum absolute atomic E-state index is 13.0. The fourth-order valence-electron chi connectivity index (χ4n) is 3.21. The number of phenolic OH excluding ortho intramolecular Hbond substituents is 2. The average molecular weight is 494 g/mol. The van der Waals surface area contributed by atoms with Gasteiger partial charge in [-0.25, -0.2) is 0 Å². The Morgan fingerprint density at radius 1 is 0.724 bits per heavy atom. The van der Waals surface area contributed by atoms with Gasteiger partial charge in [0, 0.05) is 15.6 Å². The highest BCUT2D eigenvalue weighted by Crippen LogP contribution is 2.51. The van der Waals surface area contributed by atoms with E-state index in [2.05, 4.69) is 0 Å². The molecule has 0 amide bonds. The molecule has 3 rings (SSSR count). The van der Waals surface area contributed by atoms with Crippen LogP contribution >= 0.6 is 46.4 Å². The predicted molar refractivity (Wildman–Crippen MR) is 114 cm³/mol. The molecule has 0 aliphatic carbocycles. The highest BCUT2D eigenvalue weighted by Gasteiger charge is 2.51. The highest BCUT2D eigenvalue weighted by atomic mass is 35.5. The van der Waals surface area contributed by atoms with Crippen LogP contribution in [0.2, 0.25) is 20.1 Å². The minimum absolute atomic E-state index is 0.000997. The third-order valence-electron chi connectivity index (χ3n) is 4.35. The van der Waals surface area contributed by atoms with Gasteiger partial charge in [0.05, 0.1) is 10.0 Å². The van der Waals surface area contributed by atoms with Crippen LogP contribution in [0.3, 0.4) is 0 Å². The SMILES string of the molecule is O=S(=O)(O)C(c1ccc(O)cc1)(c1cc(O)cc(Cl)c1)c1c(Cl)ccc(Cl)c1Cl. The zero-order chi connectivity index (χ0) is 21.6. The molecule has 0 saturated carbocycles. The van der Waals surface area contributed by atoms with Crippen molar-refractivity contribution in [1.82, 2.24) is 0 Å². The molecule has 10 heteroatoms. The summed E-state index contributed by atoms with van der Waals surface area (Å²) in [5, 5.41) is 19.4. The summed E-state index contributed by atoms with van der Waals surface area (Å²) in [6.07, 6.45) is 0.